The lowest BCUT2D eigenvalue weighted by Gasteiger charge is -2.38. The third kappa shape index (κ3) is 3.97. The Morgan fingerprint density at radius 2 is 1.64 bits per heavy atom. The second-order valence-corrected chi connectivity index (χ2v) is 7.08. The summed E-state index contributed by atoms with van der Waals surface area (Å²) >= 11 is 6.34. The first-order chi connectivity index (χ1) is 12.1. The van der Waals surface area contributed by atoms with Crippen molar-refractivity contribution in [2.75, 3.05) is 45.2 Å². The molecule has 3 rings (SSSR count). The van der Waals surface area contributed by atoms with E-state index in [1.807, 2.05) is 50.5 Å². The van der Waals surface area contributed by atoms with Crippen LogP contribution in [0.25, 0.3) is 0 Å². The van der Waals surface area contributed by atoms with Crippen LogP contribution < -0.4 is 9.80 Å². The van der Waals surface area contributed by atoms with Gasteiger partial charge in [-0.2, -0.15) is 0 Å². The number of likely N-dealkylation sites (N-methyl/N-ethyl adjacent to an activating group) is 1. The van der Waals surface area contributed by atoms with Crippen molar-refractivity contribution < 1.29 is 9.69 Å². The van der Waals surface area contributed by atoms with Crippen molar-refractivity contribution in [3.8, 4) is 0 Å². The molecule has 1 saturated heterocycles. The van der Waals surface area contributed by atoms with E-state index in [4.69, 9.17) is 11.6 Å². The minimum Gasteiger partial charge on any atom is -0.359 e. The van der Waals surface area contributed by atoms with Crippen molar-refractivity contribution in [1.29, 1.82) is 0 Å². The summed E-state index contributed by atoms with van der Waals surface area (Å²) in [6, 6.07) is 17.9. The van der Waals surface area contributed by atoms with E-state index in [0.29, 0.717) is 0 Å². The Labute approximate surface area is 154 Å². The molecule has 0 bridgehead atoms. The second kappa shape index (κ2) is 7.89. The van der Waals surface area contributed by atoms with Crippen LogP contribution in [0.5, 0.6) is 0 Å². The molecule has 1 fully saturated rings. The lowest BCUT2D eigenvalue weighted by atomic mass is 10.0. The SMILES string of the molecule is CN(C)C(=O)[C@@H](c1ccccc1)[NH+]1CCN(c2ccccc2Cl)CC1. The fraction of sp³-hybridized carbons (Fsp3) is 0.350. The van der Waals surface area contributed by atoms with Gasteiger partial charge in [0.1, 0.15) is 0 Å². The van der Waals surface area contributed by atoms with Gasteiger partial charge in [-0.15, -0.1) is 0 Å². The number of quaternary nitrogens is 1. The average Bonchev–Trinajstić information content (AvgIpc) is 2.64. The molecule has 2 aromatic rings. The molecule has 1 aliphatic heterocycles. The van der Waals surface area contributed by atoms with Crippen LogP contribution in [0.15, 0.2) is 54.6 Å². The first-order valence-corrected chi connectivity index (χ1v) is 9.06. The number of benzene rings is 2. The number of nitrogens with one attached hydrogen (secondary N) is 1. The van der Waals surface area contributed by atoms with Crippen LogP contribution in [0.4, 0.5) is 5.69 Å². The van der Waals surface area contributed by atoms with Crippen LogP contribution in [-0.2, 0) is 4.79 Å². The fourth-order valence-electron chi connectivity index (χ4n) is 3.49. The lowest BCUT2D eigenvalue weighted by Crippen LogP contribution is -3.16. The van der Waals surface area contributed by atoms with Gasteiger partial charge in [-0.05, 0) is 12.1 Å². The van der Waals surface area contributed by atoms with E-state index < -0.39 is 0 Å². The van der Waals surface area contributed by atoms with E-state index in [0.717, 1.165) is 42.5 Å². The summed E-state index contributed by atoms with van der Waals surface area (Å²) in [5, 5.41) is 0.787. The van der Waals surface area contributed by atoms with Crippen molar-refractivity contribution in [2.24, 2.45) is 0 Å². The fourth-order valence-corrected chi connectivity index (χ4v) is 3.74. The largest absolute Gasteiger partial charge is 0.359 e. The number of rotatable bonds is 4. The Morgan fingerprint density at radius 3 is 2.24 bits per heavy atom. The van der Waals surface area contributed by atoms with Gasteiger partial charge >= 0.3 is 0 Å². The summed E-state index contributed by atoms with van der Waals surface area (Å²) in [5.41, 5.74) is 2.17. The molecule has 2 aromatic carbocycles. The molecule has 1 heterocycles. The molecular formula is C20H25ClN3O+. The molecule has 0 aliphatic carbocycles. The molecule has 1 aliphatic rings. The first-order valence-electron chi connectivity index (χ1n) is 8.68. The third-order valence-electron chi connectivity index (χ3n) is 4.83. The van der Waals surface area contributed by atoms with Gasteiger partial charge < -0.3 is 14.7 Å². The highest BCUT2D eigenvalue weighted by atomic mass is 35.5. The Hall–Kier alpha value is -2.04. The van der Waals surface area contributed by atoms with E-state index in [1.165, 1.54) is 4.90 Å². The molecule has 25 heavy (non-hydrogen) atoms. The van der Waals surface area contributed by atoms with E-state index >= 15 is 0 Å². The molecule has 5 heteroatoms. The van der Waals surface area contributed by atoms with Gasteiger partial charge in [-0.1, -0.05) is 54.1 Å². The number of carbonyl (C=O) groups is 1. The molecule has 1 amide bonds. The van der Waals surface area contributed by atoms with Crippen LogP contribution in [0, 0.1) is 0 Å². The highest BCUT2D eigenvalue weighted by molar-refractivity contribution is 6.33. The molecule has 1 atom stereocenters. The van der Waals surface area contributed by atoms with Gasteiger partial charge in [0.2, 0.25) is 0 Å². The van der Waals surface area contributed by atoms with Crippen LogP contribution in [0.1, 0.15) is 11.6 Å². The number of amides is 1. The van der Waals surface area contributed by atoms with Gasteiger partial charge in [-0.25, -0.2) is 0 Å². The molecule has 0 saturated carbocycles. The molecule has 0 aromatic heterocycles. The van der Waals surface area contributed by atoms with Crippen LogP contribution >= 0.6 is 11.6 Å². The van der Waals surface area contributed by atoms with E-state index in [1.54, 1.807) is 4.90 Å². The highest BCUT2D eigenvalue weighted by Crippen LogP contribution is 2.25. The molecular weight excluding hydrogens is 334 g/mol. The van der Waals surface area contributed by atoms with Crippen molar-refractivity contribution >= 4 is 23.2 Å². The Kier molecular flexibility index (Phi) is 5.61. The minimum atomic E-state index is -0.149. The molecule has 0 spiro atoms. The summed E-state index contributed by atoms with van der Waals surface area (Å²) < 4.78 is 0. The molecule has 1 N–H and O–H groups in total. The molecule has 0 unspecified atom stereocenters. The summed E-state index contributed by atoms with van der Waals surface area (Å²) in [5.74, 6) is 0.160. The highest BCUT2D eigenvalue weighted by Gasteiger charge is 2.35. The number of anilines is 1. The number of halogens is 1. The molecule has 132 valence electrons. The van der Waals surface area contributed by atoms with Crippen molar-refractivity contribution in [1.82, 2.24) is 4.90 Å². The smallest absolute Gasteiger partial charge is 0.285 e. The number of nitrogens with zero attached hydrogens (tertiary/aromatic N) is 2. The van der Waals surface area contributed by atoms with Gasteiger partial charge in [-0.3, -0.25) is 4.79 Å². The summed E-state index contributed by atoms with van der Waals surface area (Å²) in [7, 11) is 3.66. The third-order valence-corrected chi connectivity index (χ3v) is 5.15. The zero-order valence-corrected chi connectivity index (χ0v) is 15.5. The molecule has 0 radical (unpaired) electrons. The quantitative estimate of drug-likeness (QED) is 0.903. The van der Waals surface area contributed by atoms with Gasteiger partial charge in [0.25, 0.3) is 5.91 Å². The first kappa shape index (κ1) is 17.8. The summed E-state index contributed by atoms with van der Waals surface area (Å²) in [6.45, 7) is 3.60. The van der Waals surface area contributed by atoms with Gasteiger partial charge in [0.15, 0.2) is 6.04 Å². The lowest BCUT2D eigenvalue weighted by molar-refractivity contribution is -0.922. The van der Waals surface area contributed by atoms with E-state index in [-0.39, 0.29) is 11.9 Å². The maximum Gasteiger partial charge on any atom is 0.285 e. The standard InChI is InChI=1S/C20H24ClN3O/c1-22(2)20(25)19(16-8-4-3-5-9-16)24-14-12-23(13-15-24)18-11-7-6-10-17(18)21/h3-11,19H,12-15H2,1-2H3/p+1/t19-/m1/s1. The summed E-state index contributed by atoms with van der Waals surface area (Å²) in [6.07, 6.45) is 0. The van der Waals surface area contributed by atoms with Crippen LogP contribution in [-0.4, -0.2) is 51.1 Å². The minimum absolute atomic E-state index is 0.149. The van der Waals surface area contributed by atoms with E-state index in [9.17, 15) is 4.79 Å². The number of hydrogen-bond donors (Lipinski definition) is 1. The zero-order valence-electron chi connectivity index (χ0n) is 14.8. The number of para-hydroxylation sites is 1. The van der Waals surface area contributed by atoms with Crippen molar-refractivity contribution in [2.45, 2.75) is 6.04 Å². The predicted molar refractivity (Wildman–Crippen MR) is 102 cm³/mol. The zero-order chi connectivity index (χ0) is 17.8. The normalized spacial score (nSPS) is 16.5. The number of piperazine rings is 1. The monoisotopic (exact) mass is 358 g/mol. The second-order valence-electron chi connectivity index (χ2n) is 6.67. The number of carbonyl (C=O) groups excluding carboxylic acids is 1. The topological polar surface area (TPSA) is 28.0 Å². The Balaban J connectivity index is 1.76. The van der Waals surface area contributed by atoms with Gasteiger partial charge in [0.05, 0.1) is 36.9 Å². The van der Waals surface area contributed by atoms with Crippen LogP contribution in [0.2, 0.25) is 5.02 Å². The molecule has 4 nitrogen and oxygen atoms in total. The summed E-state index contributed by atoms with van der Waals surface area (Å²) in [4.78, 5) is 18.1. The maximum atomic E-state index is 12.8. The number of hydrogen-bond acceptors (Lipinski definition) is 2. The van der Waals surface area contributed by atoms with Crippen molar-refractivity contribution in [3.63, 3.8) is 0 Å². The van der Waals surface area contributed by atoms with Gasteiger partial charge in [0, 0.05) is 19.7 Å². The van der Waals surface area contributed by atoms with Crippen molar-refractivity contribution in [3.05, 3.63) is 65.2 Å². The predicted octanol–water partition coefficient (Wildman–Crippen LogP) is 1.87. The average molecular weight is 359 g/mol. The Morgan fingerprint density at radius 1 is 1.04 bits per heavy atom. The maximum absolute atomic E-state index is 12.8. The van der Waals surface area contributed by atoms with Crippen LogP contribution in [0.3, 0.4) is 0 Å². The van der Waals surface area contributed by atoms with E-state index in [2.05, 4.69) is 23.1 Å². The Bertz CT molecular complexity index is 712.